The number of anilines is 2. The second-order valence-corrected chi connectivity index (χ2v) is 5.28. The molecule has 0 amide bonds. The minimum atomic E-state index is -1.20. The maximum atomic E-state index is 11.2. The number of benzene rings is 2. The molecule has 0 aliphatic carbocycles. The zero-order valence-electron chi connectivity index (χ0n) is 12.6. The number of nitrogens with one attached hydrogen (secondary N) is 1. The first-order valence-electron chi connectivity index (χ1n) is 7.04. The van der Waals surface area contributed by atoms with Crippen molar-refractivity contribution in [3.63, 3.8) is 0 Å². The molecule has 3 N–H and O–H groups in total. The van der Waals surface area contributed by atoms with Crippen LogP contribution in [-0.4, -0.2) is 32.1 Å². The molecule has 1 heterocycles. The van der Waals surface area contributed by atoms with Gasteiger partial charge >= 0.3 is 11.9 Å². The number of fused-ring (bicyclic) bond motifs is 1. The minimum Gasteiger partial charge on any atom is -0.478 e. The number of carbonyl (C=O) groups is 2. The van der Waals surface area contributed by atoms with Crippen LogP contribution in [0.15, 0.2) is 42.7 Å². The van der Waals surface area contributed by atoms with Crippen molar-refractivity contribution in [2.24, 2.45) is 0 Å². The number of hydrogen-bond acceptors (Lipinski definition) is 5. The highest BCUT2D eigenvalue weighted by Gasteiger charge is 2.13. The number of aryl methyl sites for hydroxylation is 1. The molecule has 0 saturated heterocycles. The number of carboxylic acids is 2. The van der Waals surface area contributed by atoms with E-state index in [9.17, 15) is 9.59 Å². The quantitative estimate of drug-likeness (QED) is 0.676. The normalized spacial score (nSPS) is 10.5. The number of aromatic nitrogens is 2. The van der Waals surface area contributed by atoms with Crippen LogP contribution in [0.3, 0.4) is 0 Å². The molecular formula is C17H13N3O4. The molecule has 1 aromatic heterocycles. The number of aromatic carboxylic acids is 2. The van der Waals surface area contributed by atoms with Crippen molar-refractivity contribution in [2.75, 3.05) is 5.32 Å². The highest BCUT2D eigenvalue weighted by Crippen LogP contribution is 2.25. The van der Waals surface area contributed by atoms with Gasteiger partial charge in [0, 0.05) is 11.1 Å². The molecule has 3 aromatic rings. The van der Waals surface area contributed by atoms with E-state index in [4.69, 9.17) is 10.2 Å². The van der Waals surface area contributed by atoms with Gasteiger partial charge in [0.1, 0.15) is 12.1 Å². The lowest BCUT2D eigenvalue weighted by atomic mass is 10.1. The van der Waals surface area contributed by atoms with E-state index < -0.39 is 11.9 Å². The summed E-state index contributed by atoms with van der Waals surface area (Å²) < 4.78 is 0. The first-order valence-corrected chi connectivity index (χ1v) is 7.04. The Balaban J connectivity index is 2.10. The van der Waals surface area contributed by atoms with Gasteiger partial charge in [0.25, 0.3) is 0 Å². The molecule has 0 atom stereocenters. The van der Waals surface area contributed by atoms with Gasteiger partial charge in [-0.2, -0.15) is 0 Å². The van der Waals surface area contributed by atoms with E-state index in [0.29, 0.717) is 11.5 Å². The minimum absolute atomic E-state index is 0.119. The predicted octanol–water partition coefficient (Wildman–Crippen LogP) is 3.08. The van der Waals surface area contributed by atoms with Crippen LogP contribution in [0.2, 0.25) is 0 Å². The van der Waals surface area contributed by atoms with Gasteiger partial charge in [-0.25, -0.2) is 19.6 Å². The zero-order valence-corrected chi connectivity index (χ0v) is 12.6. The lowest BCUT2D eigenvalue weighted by Crippen LogP contribution is -2.05. The Kier molecular flexibility index (Phi) is 3.83. The third-order valence-electron chi connectivity index (χ3n) is 3.48. The van der Waals surface area contributed by atoms with Crippen LogP contribution < -0.4 is 5.32 Å². The Hall–Kier alpha value is -3.48. The second-order valence-electron chi connectivity index (χ2n) is 5.28. The monoisotopic (exact) mass is 323 g/mol. The molecule has 7 nitrogen and oxygen atoms in total. The van der Waals surface area contributed by atoms with Crippen LogP contribution in [0.5, 0.6) is 0 Å². The number of hydrogen-bond donors (Lipinski definition) is 3. The molecule has 0 spiro atoms. The average molecular weight is 323 g/mol. The third-order valence-corrected chi connectivity index (χ3v) is 3.48. The highest BCUT2D eigenvalue weighted by atomic mass is 16.4. The Morgan fingerprint density at radius 3 is 2.25 bits per heavy atom. The van der Waals surface area contributed by atoms with E-state index in [1.165, 1.54) is 18.5 Å². The highest BCUT2D eigenvalue weighted by molar-refractivity contribution is 5.97. The molecule has 0 aliphatic heterocycles. The smallest absolute Gasteiger partial charge is 0.335 e. The first kappa shape index (κ1) is 15.4. The topological polar surface area (TPSA) is 112 Å². The summed E-state index contributed by atoms with van der Waals surface area (Å²) in [7, 11) is 0. The molecule has 0 saturated carbocycles. The van der Waals surface area contributed by atoms with E-state index in [2.05, 4.69) is 15.3 Å². The first-order chi connectivity index (χ1) is 11.4. The second kappa shape index (κ2) is 5.96. The van der Waals surface area contributed by atoms with E-state index in [1.54, 1.807) is 0 Å². The molecule has 24 heavy (non-hydrogen) atoms. The van der Waals surface area contributed by atoms with E-state index >= 15 is 0 Å². The molecule has 0 aliphatic rings. The predicted molar refractivity (Wildman–Crippen MR) is 87.9 cm³/mol. The molecule has 3 rings (SSSR count). The average Bonchev–Trinajstić information content (AvgIpc) is 2.55. The molecule has 0 fully saturated rings. The molecule has 0 radical (unpaired) electrons. The van der Waals surface area contributed by atoms with Gasteiger partial charge in [-0.05, 0) is 37.3 Å². The van der Waals surface area contributed by atoms with Crippen molar-refractivity contribution < 1.29 is 19.8 Å². The van der Waals surface area contributed by atoms with Gasteiger partial charge in [0.05, 0.1) is 16.6 Å². The van der Waals surface area contributed by atoms with Crippen LogP contribution in [0.25, 0.3) is 10.9 Å². The standard InChI is InChI=1S/C17H13N3O4/c1-9-2-3-14-13(4-9)15(19-8-18-14)20-12-6-10(16(21)22)5-11(7-12)17(23)24/h2-8H,1H3,(H,21,22)(H,23,24)(H,18,19,20). The third kappa shape index (κ3) is 3.00. The fraction of sp³-hybridized carbons (Fsp3) is 0.0588. The number of rotatable bonds is 4. The molecule has 120 valence electrons. The summed E-state index contributed by atoms with van der Waals surface area (Å²) >= 11 is 0. The Labute approximate surface area is 136 Å². The van der Waals surface area contributed by atoms with Crippen molar-refractivity contribution in [1.29, 1.82) is 0 Å². The number of nitrogens with zero attached hydrogens (tertiary/aromatic N) is 2. The molecule has 7 heteroatoms. The summed E-state index contributed by atoms with van der Waals surface area (Å²) in [6.45, 7) is 1.93. The van der Waals surface area contributed by atoms with Gasteiger partial charge in [-0.3, -0.25) is 0 Å². The van der Waals surface area contributed by atoms with Crippen LogP contribution >= 0.6 is 0 Å². The van der Waals surface area contributed by atoms with E-state index in [0.717, 1.165) is 22.5 Å². The SMILES string of the molecule is Cc1ccc2ncnc(Nc3cc(C(=O)O)cc(C(=O)O)c3)c2c1. The largest absolute Gasteiger partial charge is 0.478 e. The van der Waals surface area contributed by atoms with E-state index in [-0.39, 0.29) is 11.1 Å². The summed E-state index contributed by atoms with van der Waals surface area (Å²) in [6, 6.07) is 9.51. The lowest BCUT2D eigenvalue weighted by Gasteiger charge is -2.10. The van der Waals surface area contributed by atoms with Crippen LogP contribution in [-0.2, 0) is 0 Å². The van der Waals surface area contributed by atoms with Crippen molar-refractivity contribution >= 4 is 34.3 Å². The summed E-state index contributed by atoms with van der Waals surface area (Å²) in [6.07, 6.45) is 1.39. The zero-order chi connectivity index (χ0) is 17.3. The van der Waals surface area contributed by atoms with Crippen molar-refractivity contribution in [3.8, 4) is 0 Å². The molecular weight excluding hydrogens is 310 g/mol. The van der Waals surface area contributed by atoms with Crippen LogP contribution in [0.1, 0.15) is 26.3 Å². The van der Waals surface area contributed by atoms with Crippen LogP contribution in [0.4, 0.5) is 11.5 Å². The maximum absolute atomic E-state index is 11.2. The summed E-state index contributed by atoms with van der Waals surface area (Å²) in [4.78, 5) is 30.7. The molecule has 0 unspecified atom stereocenters. The van der Waals surface area contributed by atoms with Gasteiger partial charge in [0.2, 0.25) is 0 Å². The molecule has 0 bridgehead atoms. The Morgan fingerprint density at radius 1 is 0.958 bits per heavy atom. The maximum Gasteiger partial charge on any atom is 0.335 e. The van der Waals surface area contributed by atoms with Gasteiger partial charge in [0.15, 0.2) is 0 Å². The summed E-state index contributed by atoms with van der Waals surface area (Å²) in [5, 5.41) is 22.0. The lowest BCUT2D eigenvalue weighted by molar-refractivity contribution is 0.0696. The Morgan fingerprint density at radius 2 is 1.62 bits per heavy atom. The summed E-state index contributed by atoms with van der Waals surface area (Å²) in [5.41, 5.74) is 1.84. The van der Waals surface area contributed by atoms with E-state index in [1.807, 2.05) is 25.1 Å². The summed E-state index contributed by atoms with van der Waals surface area (Å²) in [5.74, 6) is -1.93. The fourth-order valence-electron chi connectivity index (χ4n) is 2.35. The van der Waals surface area contributed by atoms with Gasteiger partial charge in [-0.15, -0.1) is 0 Å². The Bertz CT molecular complexity index is 937. The van der Waals surface area contributed by atoms with Gasteiger partial charge in [-0.1, -0.05) is 11.6 Å². The fourth-order valence-corrected chi connectivity index (χ4v) is 2.35. The van der Waals surface area contributed by atoms with Crippen molar-refractivity contribution in [2.45, 2.75) is 6.92 Å². The number of carboxylic acid groups (broad SMARTS) is 2. The van der Waals surface area contributed by atoms with Crippen molar-refractivity contribution in [1.82, 2.24) is 9.97 Å². The van der Waals surface area contributed by atoms with Crippen molar-refractivity contribution in [3.05, 3.63) is 59.4 Å². The van der Waals surface area contributed by atoms with Gasteiger partial charge < -0.3 is 15.5 Å². The van der Waals surface area contributed by atoms with Crippen LogP contribution in [0, 0.1) is 6.92 Å². The molecule has 2 aromatic carbocycles.